The molecule has 2 aromatic carbocycles. The van der Waals surface area contributed by atoms with E-state index in [-0.39, 0.29) is 4.90 Å². The van der Waals surface area contributed by atoms with Crippen LogP contribution in [-0.2, 0) is 16.4 Å². The van der Waals surface area contributed by atoms with Crippen LogP contribution in [0, 0.1) is 0 Å². The predicted molar refractivity (Wildman–Crippen MR) is 105 cm³/mol. The van der Waals surface area contributed by atoms with Crippen LogP contribution in [0.5, 0.6) is 5.75 Å². The molecule has 0 saturated heterocycles. The Morgan fingerprint density at radius 1 is 1.12 bits per heavy atom. The van der Waals surface area contributed by atoms with Crippen molar-refractivity contribution in [1.29, 1.82) is 0 Å². The average molecular weight is 393 g/mol. The molecule has 0 aliphatic rings. The second kappa shape index (κ2) is 7.31. The Kier molecular flexibility index (Phi) is 5.27. The van der Waals surface area contributed by atoms with E-state index in [1.807, 2.05) is 26.2 Å². The summed E-state index contributed by atoms with van der Waals surface area (Å²) in [5.74, 6) is 0.524. The molecule has 26 heavy (non-hydrogen) atoms. The third kappa shape index (κ3) is 3.45. The Labute approximate surface area is 158 Å². The third-order valence-corrected chi connectivity index (χ3v) is 6.18. The van der Waals surface area contributed by atoms with Gasteiger partial charge in [-0.3, -0.25) is 0 Å². The first-order valence-corrected chi connectivity index (χ1v) is 9.99. The molecule has 0 amide bonds. The van der Waals surface area contributed by atoms with E-state index in [2.05, 4.69) is 4.90 Å². The van der Waals surface area contributed by atoms with Gasteiger partial charge in [-0.05, 0) is 56.4 Å². The molecule has 0 N–H and O–H groups in total. The summed E-state index contributed by atoms with van der Waals surface area (Å²) in [5.41, 5.74) is 1.52. The Balaban J connectivity index is 2.22. The summed E-state index contributed by atoms with van der Waals surface area (Å²) in [6.07, 6.45) is 2.43. The van der Waals surface area contributed by atoms with Crippen molar-refractivity contribution < 1.29 is 13.2 Å². The van der Waals surface area contributed by atoms with Crippen LogP contribution in [0.3, 0.4) is 0 Å². The van der Waals surface area contributed by atoms with Gasteiger partial charge in [-0.15, -0.1) is 0 Å². The van der Waals surface area contributed by atoms with Crippen molar-refractivity contribution in [1.82, 2.24) is 8.87 Å². The molecule has 1 aromatic heterocycles. The van der Waals surface area contributed by atoms with E-state index in [4.69, 9.17) is 16.3 Å². The molecule has 0 radical (unpaired) electrons. The van der Waals surface area contributed by atoms with Crippen LogP contribution < -0.4 is 4.74 Å². The SMILES string of the molecule is COc1cccc2c(CCN(C)C)cn(S(=O)(=O)c3ccc(Cl)cc3)c12. The summed E-state index contributed by atoms with van der Waals surface area (Å²) < 4.78 is 33.2. The van der Waals surface area contributed by atoms with E-state index in [1.165, 1.54) is 16.1 Å². The van der Waals surface area contributed by atoms with Crippen LogP contribution in [0.15, 0.2) is 53.6 Å². The summed E-state index contributed by atoms with van der Waals surface area (Å²) >= 11 is 5.90. The minimum Gasteiger partial charge on any atom is -0.495 e. The number of ether oxygens (including phenoxy) is 1. The largest absolute Gasteiger partial charge is 0.495 e. The van der Waals surface area contributed by atoms with Crippen molar-refractivity contribution in [3.8, 4) is 5.75 Å². The number of nitrogens with zero attached hydrogens (tertiary/aromatic N) is 2. The topological polar surface area (TPSA) is 51.5 Å². The maximum atomic E-state index is 13.2. The number of rotatable bonds is 6. The van der Waals surface area contributed by atoms with E-state index < -0.39 is 10.0 Å². The van der Waals surface area contributed by atoms with Gasteiger partial charge < -0.3 is 9.64 Å². The minimum atomic E-state index is -3.77. The second-order valence-electron chi connectivity index (χ2n) is 6.32. The normalized spacial score (nSPS) is 12.0. The van der Waals surface area contributed by atoms with Gasteiger partial charge in [-0.25, -0.2) is 12.4 Å². The number of para-hydroxylation sites is 1. The summed E-state index contributed by atoms with van der Waals surface area (Å²) in [5, 5.41) is 1.37. The molecular weight excluding hydrogens is 372 g/mol. The summed E-state index contributed by atoms with van der Waals surface area (Å²) in [6.45, 7) is 0.817. The van der Waals surface area contributed by atoms with E-state index in [0.29, 0.717) is 16.3 Å². The van der Waals surface area contributed by atoms with Gasteiger partial charge in [0.1, 0.15) is 11.3 Å². The van der Waals surface area contributed by atoms with Crippen LogP contribution in [-0.4, -0.2) is 45.0 Å². The fourth-order valence-electron chi connectivity index (χ4n) is 2.90. The fourth-order valence-corrected chi connectivity index (χ4v) is 4.43. The lowest BCUT2D eigenvalue weighted by molar-refractivity contribution is 0.414. The van der Waals surface area contributed by atoms with E-state index in [1.54, 1.807) is 31.5 Å². The summed E-state index contributed by atoms with van der Waals surface area (Å²) in [7, 11) is 1.75. The third-order valence-electron chi connectivity index (χ3n) is 4.26. The molecule has 3 aromatic rings. The van der Waals surface area contributed by atoms with Crippen molar-refractivity contribution in [2.45, 2.75) is 11.3 Å². The molecule has 0 bridgehead atoms. The first kappa shape index (κ1) is 18.8. The molecule has 0 saturated carbocycles. The molecule has 5 nitrogen and oxygen atoms in total. The Hall–Kier alpha value is -2.02. The molecule has 1 heterocycles. The monoisotopic (exact) mass is 392 g/mol. The number of aromatic nitrogens is 1. The molecule has 0 aliphatic carbocycles. The second-order valence-corrected chi connectivity index (χ2v) is 8.57. The zero-order valence-electron chi connectivity index (χ0n) is 14.9. The molecular formula is C19H21ClN2O3S. The highest BCUT2D eigenvalue weighted by Gasteiger charge is 2.23. The van der Waals surface area contributed by atoms with Gasteiger partial charge in [0.05, 0.1) is 12.0 Å². The fraction of sp³-hybridized carbons (Fsp3) is 0.263. The number of hydrogen-bond donors (Lipinski definition) is 0. The van der Waals surface area contributed by atoms with Crippen molar-refractivity contribution in [3.63, 3.8) is 0 Å². The number of likely N-dealkylation sites (N-methyl/N-ethyl adjacent to an activating group) is 1. The van der Waals surface area contributed by atoms with E-state index >= 15 is 0 Å². The lowest BCUT2D eigenvalue weighted by atomic mass is 10.1. The van der Waals surface area contributed by atoms with Gasteiger partial charge in [0.25, 0.3) is 10.0 Å². The van der Waals surface area contributed by atoms with Gasteiger partial charge in [-0.2, -0.15) is 0 Å². The van der Waals surface area contributed by atoms with Crippen molar-refractivity contribution in [2.75, 3.05) is 27.7 Å². The van der Waals surface area contributed by atoms with Crippen LogP contribution in [0.25, 0.3) is 10.9 Å². The highest BCUT2D eigenvalue weighted by atomic mass is 35.5. The van der Waals surface area contributed by atoms with Crippen LogP contribution in [0.4, 0.5) is 0 Å². The first-order valence-electron chi connectivity index (χ1n) is 8.17. The standard InChI is InChI=1S/C19H21ClN2O3S/c1-21(2)12-11-14-13-22(19-17(14)5-4-6-18(19)25-3)26(23,24)16-9-7-15(20)8-10-16/h4-10,13H,11-12H2,1-3H3. The number of fused-ring (bicyclic) bond motifs is 1. The van der Waals surface area contributed by atoms with Crippen LogP contribution in [0.2, 0.25) is 5.02 Å². The van der Waals surface area contributed by atoms with Crippen molar-refractivity contribution in [2.24, 2.45) is 0 Å². The molecule has 0 atom stereocenters. The maximum Gasteiger partial charge on any atom is 0.268 e. The van der Waals surface area contributed by atoms with E-state index in [0.717, 1.165) is 23.9 Å². The Bertz CT molecular complexity index is 1020. The van der Waals surface area contributed by atoms with Gasteiger partial charge >= 0.3 is 0 Å². The summed E-state index contributed by atoms with van der Waals surface area (Å²) in [4.78, 5) is 2.25. The number of benzene rings is 2. The lowest BCUT2D eigenvalue weighted by Gasteiger charge is -2.10. The molecule has 0 unspecified atom stereocenters. The highest BCUT2D eigenvalue weighted by molar-refractivity contribution is 7.90. The minimum absolute atomic E-state index is 0.184. The smallest absolute Gasteiger partial charge is 0.268 e. The van der Waals surface area contributed by atoms with Gasteiger partial charge in [0.2, 0.25) is 0 Å². The number of hydrogen-bond acceptors (Lipinski definition) is 4. The number of halogens is 1. The van der Waals surface area contributed by atoms with E-state index in [9.17, 15) is 8.42 Å². The molecule has 0 spiro atoms. The van der Waals surface area contributed by atoms with Crippen molar-refractivity contribution in [3.05, 3.63) is 59.2 Å². The quantitative estimate of drug-likeness (QED) is 0.642. The van der Waals surface area contributed by atoms with Crippen LogP contribution in [0.1, 0.15) is 5.56 Å². The van der Waals surface area contributed by atoms with Gasteiger partial charge in [0.15, 0.2) is 0 Å². The molecule has 7 heteroatoms. The highest BCUT2D eigenvalue weighted by Crippen LogP contribution is 2.33. The maximum absolute atomic E-state index is 13.2. The Morgan fingerprint density at radius 3 is 2.42 bits per heavy atom. The summed E-state index contributed by atoms with van der Waals surface area (Å²) in [6, 6.07) is 11.7. The zero-order chi connectivity index (χ0) is 18.9. The number of methoxy groups -OCH3 is 1. The zero-order valence-corrected chi connectivity index (χ0v) is 16.5. The molecule has 138 valence electrons. The van der Waals surface area contributed by atoms with Gasteiger partial charge in [0, 0.05) is 23.2 Å². The Morgan fingerprint density at radius 2 is 1.81 bits per heavy atom. The molecule has 0 aliphatic heterocycles. The first-order chi connectivity index (χ1) is 12.3. The van der Waals surface area contributed by atoms with Gasteiger partial charge in [-0.1, -0.05) is 23.7 Å². The van der Waals surface area contributed by atoms with Crippen LogP contribution >= 0.6 is 11.6 Å². The average Bonchev–Trinajstić information content (AvgIpc) is 3.00. The molecule has 3 rings (SSSR count). The molecule has 0 fully saturated rings. The lowest BCUT2D eigenvalue weighted by Crippen LogP contribution is -2.15. The predicted octanol–water partition coefficient (Wildman–Crippen LogP) is 3.64. The van der Waals surface area contributed by atoms with Crippen molar-refractivity contribution >= 4 is 32.5 Å².